The molecule has 4 N–H and O–H groups in total. The van der Waals surface area contributed by atoms with Gasteiger partial charge < -0.3 is 20.9 Å². The number of rotatable bonds is 6. The number of nitrogens with two attached hydrogens (primary N) is 2. The van der Waals surface area contributed by atoms with E-state index >= 15 is 0 Å². The first-order valence-electron chi connectivity index (χ1n) is 8.50. The van der Waals surface area contributed by atoms with Crippen molar-refractivity contribution in [1.29, 1.82) is 0 Å². The zero-order valence-electron chi connectivity index (χ0n) is 15.5. The normalized spacial score (nSPS) is 11.3. The summed E-state index contributed by atoms with van der Waals surface area (Å²) in [5.74, 6) is -5.54. The smallest absolute Gasteiger partial charge is 0.210 e. The van der Waals surface area contributed by atoms with Crippen molar-refractivity contribution in [3.05, 3.63) is 60.0 Å². The van der Waals surface area contributed by atoms with Gasteiger partial charge in [-0.25, -0.2) is 22.2 Å². The number of para-hydroxylation sites is 1. The zero-order chi connectivity index (χ0) is 22.1. The van der Waals surface area contributed by atoms with Crippen LogP contribution in [0.15, 0.2) is 47.6 Å². The maximum Gasteiger partial charge on any atom is 0.210 e. The van der Waals surface area contributed by atoms with Gasteiger partial charge in [0.15, 0.2) is 43.7 Å². The number of hydrogen-bond donors (Lipinski definition) is 2. The number of nitrogens with zero attached hydrogens (tertiary/aromatic N) is 1. The molecule has 3 aromatic rings. The molecule has 0 bridgehead atoms. The van der Waals surface area contributed by atoms with Gasteiger partial charge in [-0.3, -0.25) is 0 Å². The Balaban J connectivity index is 1.97. The van der Waals surface area contributed by atoms with E-state index in [9.17, 15) is 21.6 Å². The zero-order valence-corrected chi connectivity index (χ0v) is 16.3. The van der Waals surface area contributed by atoms with Crippen LogP contribution in [-0.4, -0.2) is 19.2 Å². The molecule has 0 aliphatic heterocycles. The summed E-state index contributed by atoms with van der Waals surface area (Å²) in [6, 6.07) is 6.46. The highest BCUT2D eigenvalue weighted by Gasteiger charge is 2.22. The Morgan fingerprint density at radius 1 is 1.00 bits per heavy atom. The fourth-order valence-electron chi connectivity index (χ4n) is 2.39. The number of ether oxygens (including phenoxy) is 2. The quantitative estimate of drug-likeness (QED) is 0.557. The predicted octanol–water partition coefficient (Wildman–Crippen LogP) is 4.04. The molecular formula is C19H16F3N3O4S. The van der Waals surface area contributed by atoms with E-state index in [-0.39, 0.29) is 27.9 Å². The van der Waals surface area contributed by atoms with Crippen LogP contribution in [0.4, 0.5) is 24.5 Å². The molecule has 3 rings (SSSR count). The Bertz CT molecular complexity index is 1180. The summed E-state index contributed by atoms with van der Waals surface area (Å²) >= 11 is 0. The van der Waals surface area contributed by atoms with Gasteiger partial charge in [0.25, 0.3) is 0 Å². The lowest BCUT2D eigenvalue weighted by atomic mass is 10.2. The second-order valence-corrected chi connectivity index (χ2v) is 8.24. The fourth-order valence-corrected chi connectivity index (χ4v) is 3.17. The minimum Gasteiger partial charge on any atom is -0.452 e. The number of hydrogen-bond acceptors (Lipinski definition) is 7. The molecule has 0 fully saturated rings. The molecule has 158 valence electrons. The van der Waals surface area contributed by atoms with Crippen LogP contribution in [0.3, 0.4) is 0 Å². The SMILES string of the molecule is CCS(=O)(=O)c1ccc(Oc2cc(N)c(N)c(Oc3c(F)cccc3F)c2F)cn1. The van der Waals surface area contributed by atoms with Crippen LogP contribution >= 0.6 is 0 Å². The number of anilines is 2. The summed E-state index contributed by atoms with van der Waals surface area (Å²) in [5.41, 5.74) is 10.9. The molecule has 2 aromatic carbocycles. The predicted molar refractivity (Wildman–Crippen MR) is 104 cm³/mol. The third-order valence-corrected chi connectivity index (χ3v) is 5.66. The van der Waals surface area contributed by atoms with Gasteiger partial charge in [-0.15, -0.1) is 0 Å². The molecule has 0 aliphatic rings. The third kappa shape index (κ3) is 4.10. The van der Waals surface area contributed by atoms with E-state index in [4.69, 9.17) is 20.9 Å². The Kier molecular flexibility index (Phi) is 5.74. The second kappa shape index (κ2) is 8.11. The van der Waals surface area contributed by atoms with Crippen LogP contribution in [0, 0.1) is 17.5 Å². The van der Waals surface area contributed by atoms with Gasteiger partial charge in [-0.1, -0.05) is 13.0 Å². The molecule has 0 spiro atoms. The molecule has 0 amide bonds. The van der Waals surface area contributed by atoms with E-state index in [1.165, 1.54) is 19.1 Å². The Hall–Kier alpha value is -3.47. The van der Waals surface area contributed by atoms with E-state index in [1.807, 2.05) is 0 Å². The van der Waals surface area contributed by atoms with E-state index in [1.54, 1.807) is 0 Å². The van der Waals surface area contributed by atoms with Gasteiger partial charge >= 0.3 is 0 Å². The molecule has 7 nitrogen and oxygen atoms in total. The van der Waals surface area contributed by atoms with Crippen LogP contribution in [0.2, 0.25) is 0 Å². The summed E-state index contributed by atoms with van der Waals surface area (Å²) in [7, 11) is -3.53. The molecule has 0 radical (unpaired) electrons. The van der Waals surface area contributed by atoms with Gasteiger partial charge in [0, 0.05) is 6.07 Å². The number of benzene rings is 2. The summed E-state index contributed by atoms with van der Waals surface area (Å²) in [5, 5.41) is -0.173. The maximum absolute atomic E-state index is 14.9. The summed E-state index contributed by atoms with van der Waals surface area (Å²) in [6.07, 6.45) is 1.07. The highest BCUT2D eigenvalue weighted by Crippen LogP contribution is 2.42. The number of halogens is 3. The Morgan fingerprint density at radius 3 is 2.23 bits per heavy atom. The highest BCUT2D eigenvalue weighted by molar-refractivity contribution is 7.91. The molecular weight excluding hydrogens is 423 g/mol. The van der Waals surface area contributed by atoms with Gasteiger partial charge in [-0.05, 0) is 24.3 Å². The second-order valence-electron chi connectivity index (χ2n) is 6.01. The number of aromatic nitrogens is 1. The van der Waals surface area contributed by atoms with Crippen LogP contribution in [-0.2, 0) is 9.84 Å². The van der Waals surface area contributed by atoms with Gasteiger partial charge in [0.1, 0.15) is 11.4 Å². The van der Waals surface area contributed by atoms with E-state index < -0.39 is 44.5 Å². The fraction of sp³-hybridized carbons (Fsp3) is 0.105. The molecule has 1 aromatic heterocycles. The van der Waals surface area contributed by atoms with Crippen LogP contribution in [0.25, 0.3) is 0 Å². The summed E-state index contributed by atoms with van der Waals surface area (Å²) < 4.78 is 76.7. The lowest BCUT2D eigenvalue weighted by Gasteiger charge is -2.15. The first kappa shape index (κ1) is 21.2. The molecule has 30 heavy (non-hydrogen) atoms. The molecule has 0 saturated carbocycles. The Labute approximate surface area is 170 Å². The van der Waals surface area contributed by atoms with E-state index in [2.05, 4.69) is 4.98 Å². The van der Waals surface area contributed by atoms with Crippen LogP contribution in [0.5, 0.6) is 23.0 Å². The minimum absolute atomic E-state index is 0.0175. The molecule has 0 saturated heterocycles. The van der Waals surface area contributed by atoms with Gasteiger partial charge in [-0.2, -0.15) is 4.39 Å². The highest BCUT2D eigenvalue weighted by atomic mass is 32.2. The number of sulfone groups is 1. The van der Waals surface area contributed by atoms with Gasteiger partial charge in [0.05, 0.1) is 17.6 Å². The lowest BCUT2D eigenvalue weighted by molar-refractivity contribution is 0.373. The van der Waals surface area contributed by atoms with Crippen LogP contribution in [0.1, 0.15) is 6.92 Å². The van der Waals surface area contributed by atoms with Crippen molar-refractivity contribution in [2.75, 3.05) is 17.2 Å². The van der Waals surface area contributed by atoms with Crippen molar-refractivity contribution in [1.82, 2.24) is 4.98 Å². The summed E-state index contributed by atoms with van der Waals surface area (Å²) in [6.45, 7) is 1.47. The molecule has 1 heterocycles. The lowest BCUT2D eigenvalue weighted by Crippen LogP contribution is -2.06. The number of pyridine rings is 1. The largest absolute Gasteiger partial charge is 0.452 e. The topological polar surface area (TPSA) is 118 Å². The molecule has 0 unspecified atom stereocenters. The van der Waals surface area contributed by atoms with E-state index in [0.717, 1.165) is 30.5 Å². The first-order valence-corrected chi connectivity index (χ1v) is 10.1. The van der Waals surface area contributed by atoms with Crippen molar-refractivity contribution in [3.8, 4) is 23.0 Å². The third-order valence-electron chi connectivity index (χ3n) is 4.02. The van der Waals surface area contributed by atoms with Crippen molar-refractivity contribution in [2.24, 2.45) is 0 Å². The van der Waals surface area contributed by atoms with E-state index in [0.29, 0.717) is 0 Å². The number of nitrogen functional groups attached to an aromatic ring is 2. The van der Waals surface area contributed by atoms with Crippen molar-refractivity contribution in [3.63, 3.8) is 0 Å². The first-order chi connectivity index (χ1) is 14.1. The standard InChI is InChI=1S/C19H16F3N3O4S/c1-2-30(26,27)15-7-6-10(9-25-15)28-14-8-13(23)17(24)19(16(14)22)29-18-11(20)4-3-5-12(18)21/h3-9H,2,23-24H2,1H3. The maximum atomic E-state index is 14.9. The average Bonchev–Trinajstić information content (AvgIpc) is 2.71. The monoisotopic (exact) mass is 439 g/mol. The van der Waals surface area contributed by atoms with Gasteiger partial charge in [0.2, 0.25) is 5.82 Å². The van der Waals surface area contributed by atoms with Crippen LogP contribution < -0.4 is 20.9 Å². The van der Waals surface area contributed by atoms with Crippen molar-refractivity contribution >= 4 is 21.2 Å². The molecule has 0 aliphatic carbocycles. The minimum atomic E-state index is -3.53. The van der Waals surface area contributed by atoms with Crippen molar-refractivity contribution < 1.29 is 31.1 Å². The molecule has 0 atom stereocenters. The summed E-state index contributed by atoms with van der Waals surface area (Å²) in [4.78, 5) is 3.78. The Morgan fingerprint density at radius 2 is 1.67 bits per heavy atom. The average molecular weight is 439 g/mol. The van der Waals surface area contributed by atoms with Crippen molar-refractivity contribution in [2.45, 2.75) is 11.9 Å². The molecule has 11 heteroatoms.